The molecule has 0 radical (unpaired) electrons. The van der Waals surface area contributed by atoms with Gasteiger partial charge in [-0.1, -0.05) is 55.4 Å². The number of piperidine rings is 6. The molecule has 0 aromatic carbocycles. The highest BCUT2D eigenvalue weighted by Gasteiger charge is 2.40. The van der Waals surface area contributed by atoms with Gasteiger partial charge in [-0.2, -0.15) is 0 Å². The Kier molecular flexibility index (Phi) is 29.2. The number of nitrogens with one attached hydrogen (secondary N) is 2. The third-order valence-electron chi connectivity index (χ3n) is 25.3. The van der Waals surface area contributed by atoms with E-state index < -0.39 is 0 Å². The number of fused-ring (bicyclic) bond motifs is 17. The number of likely N-dealkylation sites (tertiary alicyclic amines) is 5. The molecule has 0 amide bonds. The Morgan fingerprint density at radius 1 is 0.256 bits per heavy atom. The Morgan fingerprint density at radius 2 is 0.524 bits per heavy atom. The van der Waals surface area contributed by atoms with Crippen LogP contribution >= 0.6 is 0 Å². The minimum Gasteiger partial charge on any atom is -0.314 e. The Morgan fingerprint density at radius 3 is 0.780 bits per heavy atom. The van der Waals surface area contributed by atoms with Gasteiger partial charge in [-0.3, -0.25) is 4.90 Å². The van der Waals surface area contributed by atoms with Crippen molar-refractivity contribution < 1.29 is 0 Å². The highest BCUT2D eigenvalue weighted by atomic mass is 15.3. The molecule has 0 aromatic rings. The lowest BCUT2D eigenvalue weighted by molar-refractivity contribution is 0.0673. The van der Waals surface area contributed by atoms with E-state index in [2.05, 4.69) is 118 Å². The molecule has 18 fully saturated rings. The molecule has 0 aromatic heterocycles. The predicted molar refractivity (Wildman–Crippen MR) is 357 cm³/mol. The summed E-state index contributed by atoms with van der Waals surface area (Å²) in [6.45, 7) is 11.8. The van der Waals surface area contributed by atoms with Gasteiger partial charge in [-0.25, -0.2) is 0 Å². The van der Waals surface area contributed by atoms with Crippen LogP contribution in [-0.4, -0.2) is 245 Å². The molecule has 11 heteroatoms. The van der Waals surface area contributed by atoms with Crippen LogP contribution in [0.1, 0.15) is 229 Å². The van der Waals surface area contributed by atoms with E-state index in [1.54, 1.807) is 0 Å². The summed E-state index contributed by atoms with van der Waals surface area (Å²) in [4.78, 5) is 22.7. The van der Waals surface area contributed by atoms with E-state index in [9.17, 15) is 0 Å². The summed E-state index contributed by atoms with van der Waals surface area (Å²) in [6, 6.07) is 12.0. The molecule has 4 saturated carbocycles. The maximum Gasteiger partial charge on any atom is 0.0221 e. The highest BCUT2D eigenvalue weighted by molar-refractivity contribution is 4.96. The lowest BCUT2D eigenvalue weighted by Gasteiger charge is -2.43. The molecule has 0 spiro atoms. The molecular weight excluding hydrogens is 1010 g/mol. The van der Waals surface area contributed by atoms with Crippen LogP contribution in [-0.2, 0) is 0 Å². The van der Waals surface area contributed by atoms with Gasteiger partial charge in [-0.15, -0.1) is 0 Å². The Balaban J connectivity index is 0.000000148. The van der Waals surface area contributed by atoms with Crippen molar-refractivity contribution in [1.82, 2.24) is 54.7 Å². The van der Waals surface area contributed by atoms with E-state index in [4.69, 9.17) is 0 Å². The van der Waals surface area contributed by atoms with E-state index in [-0.39, 0.29) is 29.7 Å². The van der Waals surface area contributed by atoms with Crippen molar-refractivity contribution in [2.45, 2.75) is 307 Å². The molecule has 16 bridgehead atoms. The van der Waals surface area contributed by atoms with Crippen LogP contribution in [0.2, 0.25) is 0 Å². The van der Waals surface area contributed by atoms with Crippen LogP contribution in [0.5, 0.6) is 0 Å². The van der Waals surface area contributed by atoms with E-state index in [1.807, 2.05) is 0 Å². The van der Waals surface area contributed by atoms with Crippen molar-refractivity contribution in [3.63, 3.8) is 0 Å². The maximum absolute atomic E-state index is 3.58. The maximum atomic E-state index is 3.58. The average molecular weight is 1150 g/mol. The number of piperazine rings is 2. The van der Waals surface area contributed by atoms with Gasteiger partial charge in [0.1, 0.15) is 0 Å². The topological polar surface area (TPSA) is 53.2 Å². The first-order chi connectivity index (χ1) is 37.8. The fraction of sp³-hybridized carbons (Fsp3) is 1.00. The van der Waals surface area contributed by atoms with Crippen molar-refractivity contribution in [1.29, 1.82) is 0 Å². The lowest BCUT2D eigenvalue weighted by Crippen LogP contribution is -2.49. The molecule has 82 heavy (non-hydrogen) atoms. The third kappa shape index (κ3) is 18.8. The molecule has 2 N–H and O–H groups in total. The minimum absolute atomic E-state index is 0. The molecule has 14 heterocycles. The summed E-state index contributed by atoms with van der Waals surface area (Å²) in [7, 11) is 20.4. The summed E-state index contributed by atoms with van der Waals surface area (Å²) in [5, 5.41) is 7.01. The van der Waals surface area contributed by atoms with Gasteiger partial charge in [0.05, 0.1) is 0 Å². The quantitative estimate of drug-likeness (QED) is 0.244. The van der Waals surface area contributed by atoms with Crippen molar-refractivity contribution >= 4 is 0 Å². The third-order valence-corrected chi connectivity index (χ3v) is 25.3. The first-order valence-electron chi connectivity index (χ1n) is 34.6. The SMILES string of the molecule is C.C.C.C.CN1C2CCC1CC2.CN1C2CCC1CNC2.CN1C2CCCC1CC2.CN1C2CCCC1CCC2.CN1CC2CCC(C1)N2.CN1CC2CCC1C2.CN1CC2CCCC2C1.CN1C[C@@H]2CC[C@H]1C2.CN1C[C@H]2CC[C@@H]1C2. The van der Waals surface area contributed by atoms with Crippen molar-refractivity contribution in [2.75, 3.05) is 122 Å². The van der Waals surface area contributed by atoms with E-state index in [1.165, 1.54) is 258 Å². The largest absolute Gasteiger partial charge is 0.314 e. The van der Waals surface area contributed by atoms with Crippen LogP contribution in [0, 0.1) is 29.6 Å². The van der Waals surface area contributed by atoms with Gasteiger partial charge < -0.3 is 49.8 Å². The smallest absolute Gasteiger partial charge is 0.0221 e. The normalized spacial score (nSPS) is 42.3. The van der Waals surface area contributed by atoms with Crippen molar-refractivity contribution in [3.8, 4) is 0 Å². The molecule has 4 aliphatic carbocycles. The lowest BCUT2D eigenvalue weighted by atomic mass is 9.85. The van der Waals surface area contributed by atoms with Crippen LogP contribution < -0.4 is 10.6 Å². The second-order valence-electron chi connectivity index (χ2n) is 30.5. The average Bonchev–Trinajstić information content (AvgIpc) is 4.35. The summed E-state index contributed by atoms with van der Waals surface area (Å²) >= 11 is 0. The van der Waals surface area contributed by atoms with Gasteiger partial charge in [0.15, 0.2) is 0 Å². The number of hydrogen-bond acceptors (Lipinski definition) is 11. The monoisotopic (exact) mass is 1150 g/mol. The summed E-state index contributed by atoms with van der Waals surface area (Å²) < 4.78 is 0. The predicted octanol–water partition coefficient (Wildman–Crippen LogP) is 12.2. The van der Waals surface area contributed by atoms with Gasteiger partial charge in [0.25, 0.3) is 0 Å². The number of likely N-dealkylation sites (N-methyl/N-ethyl adjacent to an activating group) is 2. The van der Waals surface area contributed by atoms with Crippen LogP contribution in [0.4, 0.5) is 0 Å². The van der Waals surface area contributed by atoms with Crippen molar-refractivity contribution in [3.05, 3.63) is 0 Å². The van der Waals surface area contributed by atoms with Crippen LogP contribution in [0.15, 0.2) is 0 Å². The molecule has 482 valence electrons. The molecule has 14 aliphatic heterocycles. The molecule has 10 unspecified atom stereocenters. The Labute approximate surface area is 511 Å². The zero-order chi connectivity index (χ0) is 54.3. The number of rotatable bonds is 0. The second-order valence-corrected chi connectivity index (χ2v) is 30.5. The first kappa shape index (κ1) is 70.6. The summed E-state index contributed by atoms with van der Waals surface area (Å²) in [5.41, 5.74) is 0. The van der Waals surface area contributed by atoms with Gasteiger partial charge >= 0.3 is 0 Å². The first-order valence-corrected chi connectivity index (χ1v) is 34.6. The minimum atomic E-state index is 0. The van der Waals surface area contributed by atoms with Crippen molar-refractivity contribution in [2.24, 2.45) is 29.6 Å². The molecule has 11 nitrogen and oxygen atoms in total. The standard InChI is InChI=1S/C9H17N.2C8H15N.2C7H14N2.4C7H13N.4CH4/c1-10-8-4-2-5-9(10)7-3-6-8;1-9-5-7-3-2-4-8(7)6-9;1-9-7-3-2-4-8(9)6-5-7;1-9-4-6-2-3-7(5-9)8-6;1-9-6-2-3-7(9)5-8-4-6;3*1-8-5-6-2-3-7(8)4-6;1-8-6-2-3-7(8)5-4-6;;;;/h8-9H,2-7H2,1H3;2*7-8H,2-6H2,1H3;2*6-8H,2-5H2,1H3;4*6-7H,2-5H2,1H3;4*1H4/t;;;;;2*6-,7+;;;;;;/m.....10....../s1. The van der Waals surface area contributed by atoms with Gasteiger partial charge in [0.2, 0.25) is 0 Å². The molecule has 14 atom stereocenters. The number of hydrogen-bond donors (Lipinski definition) is 2. The van der Waals surface area contributed by atoms with Crippen LogP contribution in [0.25, 0.3) is 0 Å². The zero-order valence-corrected chi connectivity index (χ0v) is 52.7. The summed E-state index contributed by atoms with van der Waals surface area (Å²) in [6.07, 6.45) is 45.7. The van der Waals surface area contributed by atoms with E-state index in [0.29, 0.717) is 0 Å². The Hall–Kier alpha value is -0.440. The second kappa shape index (κ2) is 33.9. The summed E-state index contributed by atoms with van der Waals surface area (Å²) in [5.74, 6) is 5.38. The zero-order valence-electron chi connectivity index (χ0n) is 52.7. The number of nitrogens with zero attached hydrogens (tertiary/aromatic N) is 9. The van der Waals surface area contributed by atoms with Gasteiger partial charge in [0, 0.05) is 137 Å². The van der Waals surface area contributed by atoms with E-state index in [0.717, 1.165) is 108 Å². The fourth-order valence-electron chi connectivity index (χ4n) is 20.1. The van der Waals surface area contributed by atoms with E-state index >= 15 is 0 Å². The molecule has 18 aliphatic rings. The Bertz CT molecular complexity index is 1560. The molecular formula is C71H143N11. The highest BCUT2D eigenvalue weighted by Crippen LogP contribution is 2.40. The van der Waals surface area contributed by atoms with Crippen LogP contribution in [0.3, 0.4) is 0 Å². The molecule has 18 rings (SSSR count). The van der Waals surface area contributed by atoms with Gasteiger partial charge in [-0.05, 0) is 266 Å². The molecule has 14 saturated heterocycles. The fourth-order valence-corrected chi connectivity index (χ4v) is 20.1.